The van der Waals surface area contributed by atoms with E-state index in [4.69, 9.17) is 0 Å². The van der Waals surface area contributed by atoms with Crippen molar-refractivity contribution in [2.75, 3.05) is 0 Å². The molecule has 1 aromatic heterocycles. The molecule has 2 atom stereocenters. The van der Waals surface area contributed by atoms with Crippen LogP contribution in [-0.4, -0.2) is 20.5 Å². The molecule has 0 aliphatic carbocycles. The van der Waals surface area contributed by atoms with Gasteiger partial charge < -0.3 is 4.55 Å². The van der Waals surface area contributed by atoms with Gasteiger partial charge in [-0.15, -0.1) is 4.72 Å². The highest BCUT2D eigenvalue weighted by Crippen LogP contribution is 2.34. The van der Waals surface area contributed by atoms with Gasteiger partial charge in [-0.1, -0.05) is 6.07 Å². The van der Waals surface area contributed by atoms with Gasteiger partial charge in [0, 0.05) is 11.4 Å². The van der Waals surface area contributed by atoms with E-state index in [-0.39, 0.29) is 5.69 Å². The average molecular weight is 359 g/mol. The Kier molecular flexibility index (Phi) is 5.28. The van der Waals surface area contributed by atoms with Crippen LogP contribution in [0.5, 0.6) is 0 Å². The minimum Gasteiger partial charge on any atom is -0.598 e. The molecule has 1 N–H and O–H groups in total. The number of hydrogen-bond donors (Lipinski definition) is 1. The summed E-state index contributed by atoms with van der Waals surface area (Å²) in [6.45, 7) is 4.79. The maximum absolute atomic E-state index is 13.0. The Hall–Kier alpha value is -0.310. The first-order chi connectivity index (χ1) is 8.51. The zero-order chi connectivity index (χ0) is 14.8. The summed E-state index contributed by atoms with van der Waals surface area (Å²) >= 11 is 1.17. The number of aromatic nitrogens is 1. The van der Waals surface area contributed by atoms with Crippen LogP contribution in [0.4, 0.5) is 13.2 Å². The average Bonchev–Trinajstić information content (AvgIpc) is 2.22. The van der Waals surface area contributed by atoms with Gasteiger partial charge in [0.2, 0.25) is 0 Å². The highest BCUT2D eigenvalue weighted by Gasteiger charge is 2.46. The van der Waals surface area contributed by atoms with Crippen molar-refractivity contribution in [1.29, 1.82) is 0 Å². The fraction of sp³-hybridized carbons (Fsp3) is 0.545. The number of hydrogen-bond acceptors (Lipinski definition) is 3. The summed E-state index contributed by atoms with van der Waals surface area (Å²) in [5.74, 6) is 0. The molecule has 1 unspecified atom stereocenters. The van der Waals surface area contributed by atoms with Crippen molar-refractivity contribution in [3.63, 3.8) is 0 Å². The van der Waals surface area contributed by atoms with Gasteiger partial charge >= 0.3 is 6.18 Å². The van der Waals surface area contributed by atoms with E-state index in [2.05, 4.69) is 25.6 Å². The van der Waals surface area contributed by atoms with Crippen LogP contribution in [0.2, 0.25) is 0 Å². The fourth-order valence-electron chi connectivity index (χ4n) is 1.16. The van der Waals surface area contributed by atoms with Crippen molar-refractivity contribution in [3.8, 4) is 0 Å². The highest BCUT2D eigenvalue weighted by molar-refractivity contribution is 9.10. The van der Waals surface area contributed by atoms with Gasteiger partial charge in [0.05, 0.1) is 5.69 Å². The van der Waals surface area contributed by atoms with E-state index in [0.29, 0.717) is 4.60 Å². The first-order valence-electron chi connectivity index (χ1n) is 5.39. The lowest BCUT2D eigenvalue weighted by atomic mass is 10.2. The Morgan fingerprint density at radius 1 is 1.32 bits per heavy atom. The second-order valence-electron chi connectivity index (χ2n) is 4.86. The molecule has 0 spiro atoms. The molecule has 0 aromatic carbocycles. The highest BCUT2D eigenvalue weighted by atomic mass is 79.9. The van der Waals surface area contributed by atoms with Gasteiger partial charge in [-0.25, -0.2) is 4.98 Å². The third-order valence-corrected chi connectivity index (χ3v) is 4.14. The number of nitrogens with one attached hydrogen (secondary N) is 1. The predicted octanol–water partition coefficient (Wildman–Crippen LogP) is 3.50. The minimum atomic E-state index is -4.57. The Balaban J connectivity index is 3.04. The molecule has 8 heteroatoms. The summed E-state index contributed by atoms with van der Waals surface area (Å²) < 4.78 is 52.5. The number of nitrogens with zero attached hydrogens (tertiary/aromatic N) is 1. The Bertz CT molecular complexity index is 437. The molecule has 0 saturated heterocycles. The second-order valence-corrected chi connectivity index (χ2v) is 7.67. The van der Waals surface area contributed by atoms with Gasteiger partial charge in [0.1, 0.15) is 9.35 Å². The van der Waals surface area contributed by atoms with Gasteiger partial charge in [-0.05, 0) is 48.8 Å². The van der Waals surface area contributed by atoms with Crippen LogP contribution in [0.3, 0.4) is 0 Å². The zero-order valence-electron chi connectivity index (χ0n) is 10.6. The number of pyridine rings is 1. The first-order valence-corrected chi connectivity index (χ1v) is 7.33. The lowest BCUT2D eigenvalue weighted by molar-refractivity contribution is -0.153. The van der Waals surface area contributed by atoms with Crippen molar-refractivity contribution in [2.45, 2.75) is 37.7 Å². The smallest absolute Gasteiger partial charge is 0.413 e. The molecule has 0 aliphatic rings. The molecule has 1 aromatic rings. The Morgan fingerprint density at radius 2 is 1.89 bits per heavy atom. The lowest BCUT2D eigenvalue weighted by Crippen LogP contribution is -2.46. The first kappa shape index (κ1) is 16.7. The molecular weight excluding hydrogens is 345 g/mol. The number of halogens is 4. The van der Waals surface area contributed by atoms with Crippen molar-refractivity contribution < 1.29 is 17.7 Å². The van der Waals surface area contributed by atoms with E-state index >= 15 is 0 Å². The van der Waals surface area contributed by atoms with E-state index in [0.717, 1.165) is 0 Å². The van der Waals surface area contributed by atoms with Gasteiger partial charge in [0.25, 0.3) is 0 Å². The van der Waals surface area contributed by atoms with Crippen LogP contribution < -0.4 is 4.72 Å². The molecule has 0 bridgehead atoms. The van der Waals surface area contributed by atoms with Crippen molar-refractivity contribution >= 4 is 27.3 Å². The molecule has 0 fully saturated rings. The van der Waals surface area contributed by atoms with E-state index in [9.17, 15) is 17.7 Å². The molecule has 108 valence electrons. The summed E-state index contributed by atoms with van der Waals surface area (Å²) in [4.78, 5) is 3.77. The van der Waals surface area contributed by atoms with Crippen molar-refractivity contribution in [2.24, 2.45) is 0 Å². The largest absolute Gasteiger partial charge is 0.598 e. The zero-order valence-corrected chi connectivity index (χ0v) is 13.0. The Labute approximate surface area is 121 Å². The molecule has 0 radical (unpaired) electrons. The molecule has 3 nitrogen and oxygen atoms in total. The SMILES string of the molecule is CC(C)(C)[S+]([O-])N[C@H](c1cccc(Br)n1)C(F)(F)F. The molecule has 1 heterocycles. The van der Waals surface area contributed by atoms with Crippen LogP contribution in [0, 0.1) is 0 Å². The summed E-state index contributed by atoms with van der Waals surface area (Å²) in [7, 11) is 0. The summed E-state index contributed by atoms with van der Waals surface area (Å²) in [6, 6.07) is 2.16. The van der Waals surface area contributed by atoms with Crippen LogP contribution >= 0.6 is 15.9 Å². The molecule has 1 rings (SSSR count). The molecule has 0 aliphatic heterocycles. The summed E-state index contributed by atoms with van der Waals surface area (Å²) in [6.07, 6.45) is -4.57. The van der Waals surface area contributed by atoms with Crippen LogP contribution in [0.15, 0.2) is 22.8 Å². The second kappa shape index (κ2) is 5.99. The number of rotatable bonds is 3. The summed E-state index contributed by atoms with van der Waals surface area (Å²) in [5.41, 5.74) is -0.223. The number of alkyl halides is 3. The van der Waals surface area contributed by atoms with Gasteiger partial charge in [0.15, 0.2) is 6.04 Å². The monoisotopic (exact) mass is 358 g/mol. The molecule has 0 saturated carbocycles. The maximum Gasteiger partial charge on any atom is 0.413 e. The maximum atomic E-state index is 13.0. The van der Waals surface area contributed by atoms with E-state index in [1.54, 1.807) is 20.8 Å². The van der Waals surface area contributed by atoms with Gasteiger partial charge in [-0.3, -0.25) is 0 Å². The van der Waals surface area contributed by atoms with E-state index in [1.165, 1.54) is 18.2 Å². The van der Waals surface area contributed by atoms with Crippen LogP contribution in [0.1, 0.15) is 32.5 Å². The van der Waals surface area contributed by atoms with Crippen LogP contribution in [0.25, 0.3) is 0 Å². The third kappa shape index (κ3) is 4.94. The minimum absolute atomic E-state index is 0.223. The molecular formula is C11H14BrF3N2OS. The summed E-state index contributed by atoms with van der Waals surface area (Å²) in [5, 5.41) is 0. The predicted molar refractivity (Wildman–Crippen MR) is 71.8 cm³/mol. The van der Waals surface area contributed by atoms with Crippen molar-refractivity contribution in [3.05, 3.63) is 28.5 Å². The quantitative estimate of drug-likeness (QED) is 0.664. The molecule has 0 amide bonds. The van der Waals surface area contributed by atoms with Gasteiger partial charge in [-0.2, -0.15) is 13.2 Å². The third-order valence-electron chi connectivity index (χ3n) is 2.14. The van der Waals surface area contributed by atoms with Crippen LogP contribution in [-0.2, 0) is 11.4 Å². The van der Waals surface area contributed by atoms with Crippen molar-refractivity contribution in [1.82, 2.24) is 9.71 Å². The standard InChI is InChI=1S/C11H14BrF3N2OS/c1-10(2,3)19(18)17-9(11(13,14)15)7-5-4-6-8(12)16-7/h4-6,9,17H,1-3H3/t9-,19?/m1/s1. The van der Waals surface area contributed by atoms with E-state index < -0.39 is 28.3 Å². The fourth-order valence-corrected chi connectivity index (χ4v) is 2.34. The Morgan fingerprint density at radius 3 is 2.32 bits per heavy atom. The lowest BCUT2D eigenvalue weighted by Gasteiger charge is -2.28. The molecule has 19 heavy (non-hydrogen) atoms. The topological polar surface area (TPSA) is 48.0 Å². The van der Waals surface area contributed by atoms with E-state index in [1.807, 2.05) is 0 Å². The normalized spacial score (nSPS) is 16.2.